The van der Waals surface area contributed by atoms with Crippen LogP contribution < -0.4 is 14.8 Å². The van der Waals surface area contributed by atoms with E-state index in [0.29, 0.717) is 35.6 Å². The maximum Gasteiger partial charge on any atom is 0.410 e. The zero-order valence-electron chi connectivity index (χ0n) is 23.1. The van der Waals surface area contributed by atoms with Crippen molar-refractivity contribution in [2.24, 2.45) is 0 Å². The molecule has 0 spiro atoms. The highest BCUT2D eigenvalue weighted by Crippen LogP contribution is 2.36. The summed E-state index contributed by atoms with van der Waals surface area (Å²) in [5.41, 5.74) is 1.44. The molecule has 2 amide bonds. The van der Waals surface area contributed by atoms with Crippen LogP contribution >= 0.6 is 11.6 Å². The van der Waals surface area contributed by atoms with Gasteiger partial charge in [-0.3, -0.25) is 4.79 Å². The molecule has 2 fully saturated rings. The highest BCUT2D eigenvalue weighted by Gasteiger charge is 2.39. The average molecular weight is 605 g/mol. The molecule has 11 nitrogen and oxygen atoms in total. The molecule has 14 heteroatoms. The first-order valence-electron chi connectivity index (χ1n) is 13.5. The summed E-state index contributed by atoms with van der Waals surface area (Å²) in [5.74, 6) is -0.215. The van der Waals surface area contributed by atoms with E-state index in [9.17, 15) is 18.4 Å². The van der Waals surface area contributed by atoms with Gasteiger partial charge >= 0.3 is 12.6 Å². The standard InChI is InChI=1S/C28H31ClF2N6O5/c1-35(2)9-10-40-26-22(25(38)32-13-17-3-5-19(29)6-4-17)12-23(24(34-26)18-14-33-37(15-18)27(30)31)42-21-7-8-36-20(11-21)16-41-28(36)39/h3-6,12,14-15,20-21,27H,7-11,13,16H2,1-2H3,(H,32,38)/t20-,21-/m0/s1. The fourth-order valence-electron chi connectivity index (χ4n) is 4.77. The number of carbonyl (C=O) groups is 2. The first-order chi connectivity index (χ1) is 20.2. The first-order valence-corrected chi connectivity index (χ1v) is 13.8. The third kappa shape index (κ3) is 6.90. The zero-order chi connectivity index (χ0) is 29.8. The topological polar surface area (TPSA) is 111 Å². The number of likely N-dealkylation sites (N-methyl/N-ethyl adjacent to an activating group) is 1. The summed E-state index contributed by atoms with van der Waals surface area (Å²) in [6.07, 6.45) is 2.75. The summed E-state index contributed by atoms with van der Waals surface area (Å²) in [5, 5.41) is 7.20. The number of halogens is 3. The first kappa shape index (κ1) is 29.5. The Morgan fingerprint density at radius 3 is 2.79 bits per heavy atom. The van der Waals surface area contributed by atoms with Crippen LogP contribution in [-0.4, -0.2) is 89.1 Å². The lowest BCUT2D eigenvalue weighted by Gasteiger charge is -2.33. The number of nitrogens with one attached hydrogen (secondary N) is 1. The molecule has 0 aliphatic carbocycles. The van der Waals surface area contributed by atoms with Gasteiger partial charge in [0.15, 0.2) is 0 Å². The number of piperidine rings is 1. The number of fused-ring (bicyclic) bond motifs is 1. The molecule has 0 unspecified atom stereocenters. The van der Waals surface area contributed by atoms with Gasteiger partial charge in [0.1, 0.15) is 36.3 Å². The smallest absolute Gasteiger partial charge is 0.410 e. The minimum absolute atomic E-state index is 0.0298. The van der Waals surface area contributed by atoms with E-state index in [4.69, 9.17) is 25.8 Å². The second kappa shape index (κ2) is 12.9. The molecule has 1 N–H and O–H groups in total. The number of aromatic nitrogens is 3. The van der Waals surface area contributed by atoms with Crippen LogP contribution in [0, 0.1) is 0 Å². The third-order valence-corrected chi connectivity index (χ3v) is 7.26. The van der Waals surface area contributed by atoms with Gasteiger partial charge in [0.05, 0.1) is 12.2 Å². The predicted octanol–water partition coefficient (Wildman–Crippen LogP) is 4.23. The summed E-state index contributed by atoms with van der Waals surface area (Å²) >= 11 is 5.98. The quantitative estimate of drug-likeness (QED) is 0.346. The molecular weight excluding hydrogens is 574 g/mol. The number of benzene rings is 1. The third-order valence-electron chi connectivity index (χ3n) is 7.01. The van der Waals surface area contributed by atoms with Crippen molar-refractivity contribution in [3.8, 4) is 22.9 Å². The van der Waals surface area contributed by atoms with E-state index in [1.54, 1.807) is 29.2 Å². The minimum atomic E-state index is -2.85. The Bertz CT molecular complexity index is 1420. The lowest BCUT2D eigenvalue weighted by Crippen LogP contribution is -2.44. The molecule has 3 aromatic rings. The van der Waals surface area contributed by atoms with Crippen LogP contribution in [-0.2, 0) is 11.3 Å². The van der Waals surface area contributed by atoms with Crippen LogP contribution in [0.5, 0.6) is 11.6 Å². The van der Waals surface area contributed by atoms with Crippen molar-refractivity contribution in [3.05, 3.63) is 58.9 Å². The Morgan fingerprint density at radius 2 is 2.07 bits per heavy atom. The molecule has 224 valence electrons. The molecule has 0 saturated carbocycles. The van der Waals surface area contributed by atoms with Gasteiger partial charge < -0.3 is 29.3 Å². The molecular formula is C28H31ClF2N6O5. The maximum absolute atomic E-state index is 13.5. The van der Waals surface area contributed by atoms with Gasteiger partial charge in [-0.05, 0) is 31.8 Å². The number of ether oxygens (including phenoxy) is 3. The Kier molecular flexibility index (Phi) is 9.07. The molecule has 0 radical (unpaired) electrons. The Hall–Kier alpha value is -3.97. The Balaban J connectivity index is 1.48. The van der Waals surface area contributed by atoms with Crippen molar-refractivity contribution in [1.29, 1.82) is 0 Å². The van der Waals surface area contributed by atoms with Crippen molar-refractivity contribution in [3.63, 3.8) is 0 Å². The molecule has 2 aliphatic heterocycles. The second-order valence-corrected chi connectivity index (χ2v) is 10.8. The Labute approximate surface area is 246 Å². The van der Waals surface area contributed by atoms with Crippen LogP contribution in [0.1, 0.15) is 35.3 Å². The fourth-order valence-corrected chi connectivity index (χ4v) is 4.89. The molecule has 2 saturated heterocycles. The van der Waals surface area contributed by atoms with Crippen molar-refractivity contribution in [1.82, 2.24) is 29.9 Å². The second-order valence-electron chi connectivity index (χ2n) is 10.3. The van der Waals surface area contributed by atoms with E-state index in [-0.39, 0.29) is 66.4 Å². The van der Waals surface area contributed by atoms with Gasteiger partial charge in [0.25, 0.3) is 5.91 Å². The van der Waals surface area contributed by atoms with E-state index in [2.05, 4.69) is 15.4 Å². The lowest BCUT2D eigenvalue weighted by molar-refractivity contribution is 0.0566. The van der Waals surface area contributed by atoms with Crippen LogP contribution in [0.2, 0.25) is 5.02 Å². The maximum atomic E-state index is 13.5. The molecule has 0 bridgehead atoms. The van der Waals surface area contributed by atoms with E-state index in [1.807, 2.05) is 19.0 Å². The molecule has 2 aromatic heterocycles. The van der Waals surface area contributed by atoms with Crippen molar-refractivity contribution < 1.29 is 32.6 Å². The number of rotatable bonds is 11. The predicted molar refractivity (Wildman–Crippen MR) is 149 cm³/mol. The van der Waals surface area contributed by atoms with E-state index in [0.717, 1.165) is 11.8 Å². The van der Waals surface area contributed by atoms with E-state index < -0.39 is 12.5 Å². The number of pyridine rings is 1. The lowest BCUT2D eigenvalue weighted by atomic mass is 10.0. The van der Waals surface area contributed by atoms with Crippen molar-refractivity contribution >= 4 is 23.6 Å². The molecule has 4 heterocycles. The minimum Gasteiger partial charge on any atom is -0.488 e. The highest BCUT2D eigenvalue weighted by atomic mass is 35.5. The highest BCUT2D eigenvalue weighted by molar-refractivity contribution is 6.30. The summed E-state index contributed by atoms with van der Waals surface area (Å²) in [7, 11) is 3.76. The summed E-state index contributed by atoms with van der Waals surface area (Å²) in [6.45, 7) is -1.14. The molecule has 42 heavy (non-hydrogen) atoms. The van der Waals surface area contributed by atoms with Crippen LogP contribution in [0.3, 0.4) is 0 Å². The summed E-state index contributed by atoms with van der Waals surface area (Å²) in [6, 6.07) is 8.45. The van der Waals surface area contributed by atoms with Crippen LogP contribution in [0.4, 0.5) is 13.6 Å². The van der Waals surface area contributed by atoms with Gasteiger partial charge in [-0.25, -0.2) is 14.5 Å². The number of cyclic esters (lactones) is 1. The van der Waals surface area contributed by atoms with Gasteiger partial charge in [-0.1, -0.05) is 23.7 Å². The average Bonchev–Trinajstić information content (AvgIpc) is 3.60. The van der Waals surface area contributed by atoms with E-state index in [1.165, 1.54) is 12.3 Å². The Morgan fingerprint density at radius 1 is 1.29 bits per heavy atom. The number of amides is 2. The van der Waals surface area contributed by atoms with Gasteiger partial charge in [0, 0.05) is 55.3 Å². The molecule has 1 aromatic carbocycles. The molecule has 2 aliphatic rings. The number of hydrogen-bond acceptors (Lipinski definition) is 8. The van der Waals surface area contributed by atoms with Crippen molar-refractivity contribution in [2.75, 3.05) is 40.4 Å². The summed E-state index contributed by atoms with van der Waals surface area (Å²) < 4.78 is 44.8. The zero-order valence-corrected chi connectivity index (χ0v) is 23.9. The van der Waals surface area contributed by atoms with Crippen LogP contribution in [0.15, 0.2) is 42.7 Å². The summed E-state index contributed by atoms with van der Waals surface area (Å²) in [4.78, 5) is 33.6. The van der Waals surface area contributed by atoms with Gasteiger partial charge in [-0.2, -0.15) is 13.9 Å². The largest absolute Gasteiger partial charge is 0.488 e. The fraction of sp³-hybridized carbons (Fsp3) is 0.429. The van der Waals surface area contributed by atoms with Gasteiger partial charge in [0.2, 0.25) is 5.88 Å². The normalized spacial score (nSPS) is 18.3. The van der Waals surface area contributed by atoms with Crippen LogP contribution in [0.25, 0.3) is 11.3 Å². The SMILES string of the molecule is CN(C)CCOc1nc(-c2cnn(C(F)F)c2)c(O[C@H]2CCN3C(=O)OC[C@@H]3C2)cc1C(=O)NCc1ccc(Cl)cc1. The van der Waals surface area contributed by atoms with Crippen molar-refractivity contribution in [2.45, 2.75) is 38.1 Å². The molecule has 2 atom stereocenters. The van der Waals surface area contributed by atoms with E-state index >= 15 is 0 Å². The monoisotopic (exact) mass is 604 g/mol. The number of nitrogens with zero attached hydrogens (tertiary/aromatic N) is 5. The number of alkyl halides is 2. The van der Waals surface area contributed by atoms with Gasteiger partial charge in [-0.15, -0.1) is 0 Å². The molecule has 5 rings (SSSR count). The number of hydrogen-bond donors (Lipinski definition) is 1. The number of carbonyl (C=O) groups excluding carboxylic acids is 2.